The van der Waals surface area contributed by atoms with Crippen molar-refractivity contribution in [1.82, 2.24) is 4.98 Å². The molecule has 1 heterocycles. The van der Waals surface area contributed by atoms with Crippen LogP contribution in [0.25, 0.3) is 22.2 Å². The van der Waals surface area contributed by atoms with Gasteiger partial charge in [0.1, 0.15) is 5.82 Å². The van der Waals surface area contributed by atoms with Crippen molar-refractivity contribution in [2.75, 3.05) is 6.54 Å². The first-order valence-electron chi connectivity index (χ1n) is 9.08. The van der Waals surface area contributed by atoms with Crippen LogP contribution in [0.5, 0.6) is 0 Å². The lowest BCUT2D eigenvalue weighted by Crippen LogP contribution is -2.14. The van der Waals surface area contributed by atoms with Gasteiger partial charge in [0.15, 0.2) is 0 Å². The summed E-state index contributed by atoms with van der Waals surface area (Å²) in [5, 5.41) is 12.4. The van der Waals surface area contributed by atoms with Gasteiger partial charge in [-0.3, -0.25) is 10.1 Å². The van der Waals surface area contributed by atoms with Crippen LogP contribution in [0.4, 0.5) is 4.39 Å². The molecule has 1 aromatic heterocycles. The normalized spacial score (nSPS) is 12.2. The molecule has 140 valence electrons. The number of benzene rings is 3. The second kappa shape index (κ2) is 7.27. The van der Waals surface area contributed by atoms with Crippen LogP contribution in [0.1, 0.15) is 22.6 Å². The van der Waals surface area contributed by atoms with E-state index in [1.165, 1.54) is 12.1 Å². The van der Waals surface area contributed by atoms with E-state index in [0.717, 1.165) is 38.9 Å². The largest absolute Gasteiger partial charge is 0.354 e. The van der Waals surface area contributed by atoms with Gasteiger partial charge in [0.25, 0.3) is 0 Å². The highest BCUT2D eigenvalue weighted by atomic mass is 19.1. The van der Waals surface area contributed by atoms with Gasteiger partial charge in [-0.25, -0.2) is 4.39 Å². The van der Waals surface area contributed by atoms with E-state index in [1.54, 1.807) is 12.1 Å². The molecule has 0 unspecified atom stereocenters. The predicted molar refractivity (Wildman–Crippen MR) is 109 cm³/mol. The molecule has 0 aliphatic heterocycles. The zero-order chi connectivity index (χ0) is 19.7. The smallest absolute Gasteiger partial charge is 0.214 e. The van der Waals surface area contributed by atoms with Gasteiger partial charge in [-0.1, -0.05) is 60.2 Å². The zero-order valence-corrected chi connectivity index (χ0v) is 15.4. The number of fused-ring (bicyclic) bond motifs is 1. The topological polar surface area (TPSA) is 58.9 Å². The Morgan fingerprint density at radius 2 is 1.68 bits per heavy atom. The van der Waals surface area contributed by atoms with Crippen LogP contribution in [-0.2, 0) is 0 Å². The monoisotopic (exact) mass is 374 g/mol. The summed E-state index contributed by atoms with van der Waals surface area (Å²) in [6, 6.07) is 21.8. The van der Waals surface area contributed by atoms with Crippen LogP contribution in [0, 0.1) is 22.9 Å². The Bertz CT molecular complexity index is 1130. The molecule has 0 aliphatic carbocycles. The maximum atomic E-state index is 13.5. The fourth-order valence-corrected chi connectivity index (χ4v) is 3.68. The zero-order valence-electron chi connectivity index (χ0n) is 15.4. The lowest BCUT2D eigenvalue weighted by atomic mass is 9.87. The van der Waals surface area contributed by atoms with Crippen molar-refractivity contribution in [2.45, 2.75) is 12.8 Å². The van der Waals surface area contributed by atoms with Gasteiger partial charge in [-0.15, -0.1) is 0 Å². The highest BCUT2D eigenvalue weighted by molar-refractivity contribution is 5.92. The van der Waals surface area contributed by atoms with Crippen LogP contribution >= 0.6 is 0 Å². The van der Waals surface area contributed by atoms with Crippen molar-refractivity contribution in [3.05, 3.63) is 105 Å². The van der Waals surface area contributed by atoms with Crippen molar-refractivity contribution in [2.24, 2.45) is 0 Å². The van der Waals surface area contributed by atoms with Gasteiger partial charge in [-0.05, 0) is 41.8 Å². The summed E-state index contributed by atoms with van der Waals surface area (Å²) < 4.78 is 13.5. The number of H-pyrrole nitrogens is 1. The van der Waals surface area contributed by atoms with E-state index in [9.17, 15) is 14.5 Å². The number of aryl methyl sites for hydroxylation is 1. The number of aromatic nitrogens is 1. The summed E-state index contributed by atoms with van der Waals surface area (Å²) in [4.78, 5) is 14.6. The van der Waals surface area contributed by atoms with Gasteiger partial charge < -0.3 is 4.98 Å². The van der Waals surface area contributed by atoms with Gasteiger partial charge in [0, 0.05) is 15.8 Å². The maximum Gasteiger partial charge on any atom is 0.214 e. The summed E-state index contributed by atoms with van der Waals surface area (Å²) >= 11 is 0. The number of nitro groups is 1. The van der Waals surface area contributed by atoms with Gasteiger partial charge in [0.05, 0.1) is 11.6 Å². The Hall–Kier alpha value is -3.47. The second-order valence-electron chi connectivity index (χ2n) is 6.94. The average Bonchev–Trinajstić information content (AvgIpc) is 3.06. The summed E-state index contributed by atoms with van der Waals surface area (Å²) in [7, 11) is 0. The number of hydrogen-bond acceptors (Lipinski definition) is 2. The van der Waals surface area contributed by atoms with Crippen molar-refractivity contribution in [1.29, 1.82) is 0 Å². The first-order chi connectivity index (χ1) is 13.5. The molecule has 0 fully saturated rings. The van der Waals surface area contributed by atoms with Gasteiger partial charge in [-0.2, -0.15) is 0 Å². The number of hydrogen-bond donors (Lipinski definition) is 1. The third-order valence-corrected chi connectivity index (χ3v) is 5.04. The molecule has 4 rings (SSSR count). The van der Waals surface area contributed by atoms with Crippen LogP contribution < -0.4 is 0 Å². The summed E-state index contributed by atoms with van der Waals surface area (Å²) in [6.45, 7) is 1.75. The van der Waals surface area contributed by atoms with Crippen LogP contribution in [0.3, 0.4) is 0 Å². The Labute approximate surface area is 161 Å². The summed E-state index contributed by atoms with van der Waals surface area (Å²) in [6.07, 6.45) is 0. The van der Waals surface area contributed by atoms with E-state index in [1.807, 2.05) is 55.5 Å². The molecule has 1 N–H and O–H groups in total. The van der Waals surface area contributed by atoms with Crippen molar-refractivity contribution in [3.63, 3.8) is 0 Å². The molecular weight excluding hydrogens is 355 g/mol. The number of rotatable bonds is 5. The SMILES string of the molecule is Cc1ccc(-c2[nH]c3ccccc3c2[C@@H](C[N+](=O)[O-])c2ccc(F)cc2)cc1. The molecule has 0 aliphatic rings. The molecule has 3 aromatic carbocycles. The lowest BCUT2D eigenvalue weighted by molar-refractivity contribution is -0.481. The minimum Gasteiger partial charge on any atom is -0.354 e. The quantitative estimate of drug-likeness (QED) is 0.360. The molecule has 0 spiro atoms. The highest BCUT2D eigenvalue weighted by Gasteiger charge is 2.27. The van der Waals surface area contributed by atoms with E-state index in [-0.39, 0.29) is 17.3 Å². The Morgan fingerprint density at radius 3 is 2.36 bits per heavy atom. The number of para-hydroxylation sites is 1. The summed E-state index contributed by atoms with van der Waals surface area (Å²) in [5.74, 6) is -0.857. The third kappa shape index (κ3) is 3.39. The molecule has 0 amide bonds. The van der Waals surface area contributed by atoms with Gasteiger partial charge in [0.2, 0.25) is 6.54 Å². The lowest BCUT2D eigenvalue weighted by Gasteiger charge is -2.16. The molecule has 1 atom stereocenters. The summed E-state index contributed by atoms with van der Waals surface area (Å²) in [5.41, 5.74) is 5.47. The number of nitrogens with one attached hydrogen (secondary N) is 1. The number of nitrogens with zero attached hydrogens (tertiary/aromatic N) is 1. The number of aromatic amines is 1. The van der Waals surface area contributed by atoms with E-state index >= 15 is 0 Å². The molecule has 0 radical (unpaired) electrons. The molecular formula is C23H19FN2O2. The first-order valence-corrected chi connectivity index (χ1v) is 9.08. The van der Waals surface area contributed by atoms with Crippen molar-refractivity contribution < 1.29 is 9.31 Å². The van der Waals surface area contributed by atoms with E-state index < -0.39 is 5.92 Å². The minimum absolute atomic E-state index is 0.271. The van der Waals surface area contributed by atoms with Gasteiger partial charge >= 0.3 is 0 Å². The van der Waals surface area contributed by atoms with Crippen LogP contribution in [-0.4, -0.2) is 16.5 Å². The molecule has 28 heavy (non-hydrogen) atoms. The predicted octanol–water partition coefficient (Wildman–Crippen LogP) is 5.69. The molecule has 0 saturated heterocycles. The molecule has 5 heteroatoms. The number of halogens is 1. The van der Waals surface area contributed by atoms with E-state index in [2.05, 4.69) is 4.98 Å². The molecule has 0 saturated carbocycles. The van der Waals surface area contributed by atoms with E-state index in [4.69, 9.17) is 0 Å². The van der Waals surface area contributed by atoms with Crippen molar-refractivity contribution >= 4 is 10.9 Å². The Balaban J connectivity index is 1.97. The highest BCUT2D eigenvalue weighted by Crippen LogP contribution is 2.39. The fourth-order valence-electron chi connectivity index (χ4n) is 3.68. The molecule has 4 aromatic rings. The van der Waals surface area contributed by atoms with E-state index in [0.29, 0.717) is 0 Å². The van der Waals surface area contributed by atoms with Crippen molar-refractivity contribution in [3.8, 4) is 11.3 Å². The third-order valence-electron chi connectivity index (χ3n) is 5.04. The fraction of sp³-hybridized carbons (Fsp3) is 0.130. The maximum absolute atomic E-state index is 13.5. The standard InChI is InChI=1S/C23H19FN2O2/c1-15-6-8-17(9-7-15)23-22(19-4-2-3-5-21(19)25-23)20(14-26(27)28)16-10-12-18(24)13-11-16/h2-13,20,25H,14H2,1H3/t20-/m0/s1. The first kappa shape index (κ1) is 17.9. The minimum atomic E-state index is -0.497. The Morgan fingerprint density at radius 1 is 1.00 bits per heavy atom. The second-order valence-corrected chi connectivity index (χ2v) is 6.94. The average molecular weight is 374 g/mol. The molecule has 0 bridgehead atoms. The van der Waals surface area contributed by atoms with Crippen LogP contribution in [0.15, 0.2) is 72.8 Å². The molecule has 4 nitrogen and oxygen atoms in total. The Kier molecular flexibility index (Phi) is 4.65. The van der Waals surface area contributed by atoms with Crippen LogP contribution in [0.2, 0.25) is 0 Å².